The van der Waals surface area contributed by atoms with Gasteiger partial charge in [-0.3, -0.25) is 24.5 Å². The van der Waals surface area contributed by atoms with Gasteiger partial charge in [0.25, 0.3) is 0 Å². The SMILES string of the molecule is CCNC(=NCC1CN2CCN1CC2)N1CCN(CC(=O)N2CCCC2)CC1.I. The smallest absolute Gasteiger partial charge is 0.236 e. The fourth-order valence-electron chi connectivity index (χ4n) is 4.89. The van der Waals surface area contributed by atoms with E-state index >= 15 is 0 Å². The normalized spacial score (nSPS) is 30.4. The lowest BCUT2D eigenvalue weighted by Crippen LogP contribution is -2.62. The number of hydrogen-bond acceptors (Lipinski definition) is 5. The van der Waals surface area contributed by atoms with E-state index in [-0.39, 0.29) is 24.0 Å². The maximum atomic E-state index is 12.4. The second-order valence-electron chi connectivity index (χ2n) is 8.54. The van der Waals surface area contributed by atoms with E-state index in [2.05, 4.69) is 31.8 Å². The number of guanidine groups is 1. The van der Waals surface area contributed by atoms with Crippen molar-refractivity contribution in [2.75, 3.05) is 91.6 Å². The number of nitrogens with one attached hydrogen (secondary N) is 1. The molecule has 5 heterocycles. The van der Waals surface area contributed by atoms with Gasteiger partial charge < -0.3 is 15.1 Å². The van der Waals surface area contributed by atoms with Crippen LogP contribution in [0.2, 0.25) is 0 Å². The summed E-state index contributed by atoms with van der Waals surface area (Å²) in [6, 6.07) is 0.565. The predicted octanol–water partition coefficient (Wildman–Crippen LogP) is -0.190. The van der Waals surface area contributed by atoms with Crippen molar-refractivity contribution >= 4 is 35.8 Å². The lowest BCUT2D eigenvalue weighted by molar-refractivity contribution is -0.131. The van der Waals surface area contributed by atoms with E-state index in [9.17, 15) is 4.79 Å². The van der Waals surface area contributed by atoms with Crippen LogP contribution in [0.1, 0.15) is 19.8 Å². The van der Waals surface area contributed by atoms with Crippen LogP contribution in [-0.2, 0) is 4.79 Å². The Labute approximate surface area is 192 Å². The van der Waals surface area contributed by atoms with Gasteiger partial charge in [0.1, 0.15) is 0 Å². The number of fused-ring (bicyclic) bond motifs is 3. The zero-order valence-electron chi connectivity index (χ0n) is 17.9. The third kappa shape index (κ3) is 5.95. The molecule has 0 aromatic rings. The van der Waals surface area contributed by atoms with Gasteiger partial charge in [0.05, 0.1) is 13.1 Å². The van der Waals surface area contributed by atoms with Gasteiger partial charge in [-0.25, -0.2) is 0 Å². The number of piperazine rings is 4. The average Bonchev–Trinajstić information content (AvgIpc) is 3.28. The molecule has 8 nitrogen and oxygen atoms in total. The Morgan fingerprint density at radius 3 is 2.21 bits per heavy atom. The van der Waals surface area contributed by atoms with E-state index in [1.54, 1.807) is 0 Å². The van der Waals surface area contributed by atoms with Gasteiger partial charge in [-0.05, 0) is 19.8 Å². The first kappa shape index (κ1) is 23.0. The zero-order valence-corrected chi connectivity index (χ0v) is 20.2. The molecule has 166 valence electrons. The minimum absolute atomic E-state index is 0. The van der Waals surface area contributed by atoms with E-state index in [0.717, 1.165) is 77.7 Å². The van der Waals surface area contributed by atoms with Gasteiger partial charge in [-0.1, -0.05) is 0 Å². The largest absolute Gasteiger partial charge is 0.357 e. The van der Waals surface area contributed by atoms with Gasteiger partial charge in [0, 0.05) is 84.6 Å². The van der Waals surface area contributed by atoms with E-state index in [1.165, 1.54) is 26.2 Å². The van der Waals surface area contributed by atoms with Crippen molar-refractivity contribution in [1.82, 2.24) is 29.8 Å². The summed E-state index contributed by atoms with van der Waals surface area (Å²) in [5, 5.41) is 3.49. The van der Waals surface area contributed by atoms with Crippen molar-refractivity contribution < 1.29 is 4.79 Å². The maximum Gasteiger partial charge on any atom is 0.236 e. The molecule has 0 aromatic heterocycles. The summed E-state index contributed by atoms with van der Waals surface area (Å²) in [4.78, 5) is 29.3. The highest BCUT2D eigenvalue weighted by molar-refractivity contribution is 14.0. The molecule has 0 saturated carbocycles. The molecule has 9 heteroatoms. The standard InChI is InChI=1S/C20H37N7O.HI/c1-2-21-20(22-15-18-16-23-7-11-25(18)12-8-23)27-13-9-24(10-14-27)17-19(28)26-5-3-4-6-26;/h18H,2-17H2,1H3,(H,21,22);1H. The quantitative estimate of drug-likeness (QED) is 0.309. The van der Waals surface area contributed by atoms with Crippen LogP contribution in [0.25, 0.3) is 0 Å². The van der Waals surface area contributed by atoms with E-state index < -0.39 is 0 Å². The lowest BCUT2D eigenvalue weighted by atomic mass is 10.1. The Morgan fingerprint density at radius 1 is 0.931 bits per heavy atom. The number of carbonyl (C=O) groups is 1. The van der Waals surface area contributed by atoms with Gasteiger partial charge >= 0.3 is 0 Å². The van der Waals surface area contributed by atoms with Gasteiger partial charge in [0.2, 0.25) is 5.91 Å². The van der Waals surface area contributed by atoms with Crippen molar-refractivity contribution in [3.63, 3.8) is 0 Å². The Morgan fingerprint density at radius 2 is 1.62 bits per heavy atom. The molecule has 1 amide bonds. The number of likely N-dealkylation sites (tertiary alicyclic amines) is 1. The van der Waals surface area contributed by atoms with Crippen molar-refractivity contribution in [3.8, 4) is 0 Å². The number of halogens is 1. The second kappa shape index (κ2) is 11.1. The Balaban J connectivity index is 0.00000240. The summed E-state index contributed by atoms with van der Waals surface area (Å²) in [5.74, 6) is 1.36. The molecule has 0 radical (unpaired) electrons. The van der Waals surface area contributed by atoms with Crippen LogP contribution in [0, 0.1) is 0 Å². The number of carbonyl (C=O) groups excluding carboxylic acids is 1. The molecule has 1 unspecified atom stereocenters. The first-order valence-electron chi connectivity index (χ1n) is 11.2. The van der Waals surface area contributed by atoms with Crippen LogP contribution >= 0.6 is 24.0 Å². The Hall–Kier alpha value is -0.650. The molecule has 0 spiro atoms. The first-order chi connectivity index (χ1) is 13.7. The number of rotatable bonds is 5. The highest BCUT2D eigenvalue weighted by Gasteiger charge is 2.32. The lowest BCUT2D eigenvalue weighted by Gasteiger charge is -2.47. The molecule has 1 N–H and O–H groups in total. The maximum absolute atomic E-state index is 12.4. The Kier molecular flexibility index (Phi) is 8.82. The summed E-state index contributed by atoms with van der Waals surface area (Å²) < 4.78 is 0. The van der Waals surface area contributed by atoms with Crippen molar-refractivity contribution in [2.24, 2.45) is 4.99 Å². The fourth-order valence-corrected chi connectivity index (χ4v) is 4.89. The average molecular weight is 519 g/mol. The highest BCUT2D eigenvalue weighted by atomic mass is 127. The Bertz CT molecular complexity index is 553. The summed E-state index contributed by atoms with van der Waals surface area (Å²) in [6.07, 6.45) is 2.33. The summed E-state index contributed by atoms with van der Waals surface area (Å²) in [6.45, 7) is 16.1. The summed E-state index contributed by atoms with van der Waals surface area (Å²) in [5.41, 5.74) is 0. The molecule has 0 aliphatic carbocycles. The molecule has 5 fully saturated rings. The van der Waals surface area contributed by atoms with Crippen LogP contribution in [0.4, 0.5) is 0 Å². The van der Waals surface area contributed by atoms with Crippen LogP contribution < -0.4 is 5.32 Å². The molecule has 5 saturated heterocycles. The van der Waals surface area contributed by atoms with Crippen molar-refractivity contribution in [3.05, 3.63) is 0 Å². The van der Waals surface area contributed by atoms with Gasteiger partial charge in [0.15, 0.2) is 5.96 Å². The van der Waals surface area contributed by atoms with Crippen LogP contribution in [0.3, 0.4) is 0 Å². The molecule has 2 bridgehead atoms. The fraction of sp³-hybridized carbons (Fsp3) is 0.900. The van der Waals surface area contributed by atoms with Gasteiger partial charge in [-0.2, -0.15) is 0 Å². The minimum Gasteiger partial charge on any atom is -0.357 e. The van der Waals surface area contributed by atoms with Crippen molar-refractivity contribution in [2.45, 2.75) is 25.8 Å². The zero-order chi connectivity index (χ0) is 19.3. The molecule has 29 heavy (non-hydrogen) atoms. The molecule has 5 aliphatic heterocycles. The summed E-state index contributed by atoms with van der Waals surface area (Å²) >= 11 is 0. The monoisotopic (exact) mass is 519 g/mol. The number of nitrogens with zero attached hydrogens (tertiary/aromatic N) is 6. The van der Waals surface area contributed by atoms with Crippen molar-refractivity contribution in [1.29, 1.82) is 0 Å². The number of aliphatic imine (C=N–C) groups is 1. The molecule has 0 aromatic carbocycles. The number of amides is 1. The minimum atomic E-state index is 0. The molecule has 1 atom stereocenters. The van der Waals surface area contributed by atoms with Crippen LogP contribution in [-0.4, -0.2) is 134 Å². The van der Waals surface area contributed by atoms with E-state index in [1.807, 2.05) is 4.90 Å². The van der Waals surface area contributed by atoms with E-state index in [4.69, 9.17) is 4.99 Å². The second-order valence-corrected chi connectivity index (χ2v) is 8.54. The first-order valence-corrected chi connectivity index (χ1v) is 11.2. The van der Waals surface area contributed by atoms with Crippen LogP contribution in [0.15, 0.2) is 4.99 Å². The third-order valence-electron chi connectivity index (χ3n) is 6.67. The predicted molar refractivity (Wildman–Crippen MR) is 127 cm³/mol. The molecule has 5 aliphatic rings. The molecular weight excluding hydrogens is 481 g/mol. The number of hydrogen-bond donors (Lipinski definition) is 1. The highest BCUT2D eigenvalue weighted by Crippen LogP contribution is 2.16. The van der Waals surface area contributed by atoms with Crippen LogP contribution in [0.5, 0.6) is 0 Å². The van der Waals surface area contributed by atoms with Gasteiger partial charge in [-0.15, -0.1) is 24.0 Å². The molecule has 5 rings (SSSR count). The summed E-state index contributed by atoms with van der Waals surface area (Å²) in [7, 11) is 0. The topological polar surface area (TPSA) is 57.7 Å². The molecular formula is C20H38IN7O. The third-order valence-corrected chi connectivity index (χ3v) is 6.67. The van der Waals surface area contributed by atoms with E-state index in [0.29, 0.717) is 18.5 Å².